The molecule has 6 heteroatoms. The van der Waals surface area contributed by atoms with Gasteiger partial charge in [-0.25, -0.2) is 0 Å². The molecule has 0 saturated carbocycles. The molecule has 3 N–H and O–H groups in total. The largest absolute Gasteiger partial charge is 0.490 e. The number of para-hydroxylation sites is 2. The molecule has 1 aromatic carbocycles. The highest BCUT2D eigenvalue weighted by Gasteiger charge is 2.11. The van der Waals surface area contributed by atoms with E-state index in [1.165, 1.54) is 12.4 Å². The number of amidine groups is 1. The Hall–Kier alpha value is -2.76. The predicted molar refractivity (Wildman–Crippen MR) is 74.4 cm³/mol. The fourth-order valence-electron chi connectivity index (χ4n) is 1.65. The van der Waals surface area contributed by atoms with Crippen LogP contribution in [-0.2, 0) is 0 Å². The summed E-state index contributed by atoms with van der Waals surface area (Å²) in [7, 11) is 0. The molecule has 0 aliphatic rings. The molecule has 104 valence electrons. The van der Waals surface area contributed by atoms with Crippen molar-refractivity contribution in [1.29, 1.82) is 0 Å². The van der Waals surface area contributed by atoms with E-state index in [1.807, 2.05) is 19.1 Å². The summed E-state index contributed by atoms with van der Waals surface area (Å²) in [5.41, 5.74) is 6.06. The average Bonchev–Trinajstić information content (AvgIpc) is 2.49. The molecule has 0 saturated heterocycles. The standard InChI is InChI=1S/C14H15N3O3/c1-2-19-11-5-3-4-6-12(11)20-13-9-16-8-7-10(13)14(15)17-18/h3-9,18H,2H2,1H3,(H2,15,17). The summed E-state index contributed by atoms with van der Waals surface area (Å²) in [4.78, 5) is 3.98. The van der Waals surface area contributed by atoms with Gasteiger partial charge in [-0.1, -0.05) is 17.3 Å². The van der Waals surface area contributed by atoms with Gasteiger partial charge in [0.15, 0.2) is 23.1 Å². The molecule has 2 aromatic rings. The lowest BCUT2D eigenvalue weighted by atomic mass is 10.2. The van der Waals surface area contributed by atoms with Crippen LogP contribution in [0.15, 0.2) is 47.9 Å². The molecule has 0 aliphatic heterocycles. The number of pyridine rings is 1. The van der Waals surface area contributed by atoms with Gasteiger partial charge in [0.05, 0.1) is 18.4 Å². The summed E-state index contributed by atoms with van der Waals surface area (Å²) in [5, 5.41) is 11.8. The first-order valence-corrected chi connectivity index (χ1v) is 6.07. The van der Waals surface area contributed by atoms with Gasteiger partial charge in [-0.15, -0.1) is 0 Å². The number of hydrogen-bond acceptors (Lipinski definition) is 5. The fraction of sp³-hybridized carbons (Fsp3) is 0.143. The molecule has 1 heterocycles. The van der Waals surface area contributed by atoms with Gasteiger partial charge in [-0.2, -0.15) is 0 Å². The monoisotopic (exact) mass is 273 g/mol. The average molecular weight is 273 g/mol. The highest BCUT2D eigenvalue weighted by atomic mass is 16.5. The van der Waals surface area contributed by atoms with Crippen LogP contribution in [0.4, 0.5) is 0 Å². The number of aromatic nitrogens is 1. The van der Waals surface area contributed by atoms with E-state index in [4.69, 9.17) is 20.4 Å². The molecule has 2 rings (SSSR count). The van der Waals surface area contributed by atoms with Crippen LogP contribution in [0.25, 0.3) is 0 Å². The van der Waals surface area contributed by atoms with E-state index >= 15 is 0 Å². The van der Waals surface area contributed by atoms with Crippen molar-refractivity contribution in [3.63, 3.8) is 0 Å². The maximum atomic E-state index is 8.78. The van der Waals surface area contributed by atoms with Crippen molar-refractivity contribution in [2.75, 3.05) is 6.61 Å². The van der Waals surface area contributed by atoms with E-state index in [1.54, 1.807) is 18.2 Å². The zero-order valence-electron chi connectivity index (χ0n) is 11.0. The van der Waals surface area contributed by atoms with Crippen molar-refractivity contribution in [2.24, 2.45) is 10.9 Å². The quantitative estimate of drug-likeness (QED) is 0.378. The Balaban J connectivity index is 2.36. The Kier molecular flexibility index (Phi) is 4.39. The zero-order chi connectivity index (χ0) is 14.4. The van der Waals surface area contributed by atoms with Gasteiger partial charge in [0.25, 0.3) is 0 Å². The van der Waals surface area contributed by atoms with Gasteiger partial charge in [0.2, 0.25) is 0 Å². The Morgan fingerprint density at radius 1 is 1.25 bits per heavy atom. The van der Waals surface area contributed by atoms with Gasteiger partial charge in [-0.3, -0.25) is 4.98 Å². The van der Waals surface area contributed by atoms with E-state index < -0.39 is 0 Å². The number of rotatable bonds is 5. The van der Waals surface area contributed by atoms with Gasteiger partial charge in [0.1, 0.15) is 0 Å². The molecule has 6 nitrogen and oxygen atoms in total. The first-order chi connectivity index (χ1) is 9.76. The molecule has 20 heavy (non-hydrogen) atoms. The van der Waals surface area contributed by atoms with E-state index in [-0.39, 0.29) is 5.84 Å². The van der Waals surface area contributed by atoms with Crippen molar-refractivity contribution >= 4 is 5.84 Å². The summed E-state index contributed by atoms with van der Waals surface area (Å²) in [5.74, 6) is 1.49. The third-order valence-corrected chi connectivity index (χ3v) is 2.54. The molecule has 0 unspecified atom stereocenters. The minimum absolute atomic E-state index is 0.0451. The third-order valence-electron chi connectivity index (χ3n) is 2.54. The summed E-state index contributed by atoms with van der Waals surface area (Å²) in [6.45, 7) is 2.42. The van der Waals surface area contributed by atoms with Crippen molar-refractivity contribution in [3.8, 4) is 17.2 Å². The molecule has 0 atom stereocenters. The number of hydrogen-bond donors (Lipinski definition) is 2. The summed E-state index contributed by atoms with van der Waals surface area (Å²) in [6, 6.07) is 8.86. The van der Waals surface area contributed by atoms with Gasteiger partial charge in [0, 0.05) is 6.20 Å². The third kappa shape index (κ3) is 2.97. The van der Waals surface area contributed by atoms with Crippen LogP contribution in [0.1, 0.15) is 12.5 Å². The van der Waals surface area contributed by atoms with Crippen molar-refractivity contribution in [2.45, 2.75) is 6.92 Å². The SMILES string of the molecule is CCOc1ccccc1Oc1cnccc1/C(N)=N/O. The summed E-state index contributed by atoms with van der Waals surface area (Å²) < 4.78 is 11.2. The number of nitrogens with zero attached hydrogens (tertiary/aromatic N) is 2. The van der Waals surface area contributed by atoms with Crippen LogP contribution in [0.3, 0.4) is 0 Å². The first kappa shape index (κ1) is 13.7. The second-order valence-corrected chi connectivity index (χ2v) is 3.84. The lowest BCUT2D eigenvalue weighted by Crippen LogP contribution is -2.14. The van der Waals surface area contributed by atoms with E-state index in [2.05, 4.69) is 10.1 Å². The Labute approximate surface area is 116 Å². The van der Waals surface area contributed by atoms with E-state index in [0.29, 0.717) is 29.4 Å². The normalized spacial score (nSPS) is 11.2. The van der Waals surface area contributed by atoms with Crippen LogP contribution in [0, 0.1) is 0 Å². The van der Waals surface area contributed by atoms with Crippen LogP contribution in [0.5, 0.6) is 17.2 Å². The van der Waals surface area contributed by atoms with Gasteiger partial charge >= 0.3 is 0 Å². The minimum Gasteiger partial charge on any atom is -0.490 e. The molecule has 0 aliphatic carbocycles. The van der Waals surface area contributed by atoms with Crippen LogP contribution in [-0.4, -0.2) is 22.6 Å². The minimum atomic E-state index is -0.0451. The molecular formula is C14H15N3O3. The topological polar surface area (TPSA) is 90.0 Å². The second-order valence-electron chi connectivity index (χ2n) is 3.84. The first-order valence-electron chi connectivity index (χ1n) is 6.07. The summed E-state index contributed by atoms with van der Waals surface area (Å²) in [6.07, 6.45) is 3.03. The van der Waals surface area contributed by atoms with Gasteiger partial charge < -0.3 is 20.4 Å². The van der Waals surface area contributed by atoms with Crippen LogP contribution < -0.4 is 15.2 Å². The Morgan fingerprint density at radius 2 is 2.00 bits per heavy atom. The van der Waals surface area contributed by atoms with Gasteiger partial charge in [-0.05, 0) is 25.1 Å². The number of nitrogens with two attached hydrogens (primary N) is 1. The van der Waals surface area contributed by atoms with Crippen molar-refractivity contribution in [1.82, 2.24) is 4.98 Å². The molecule has 1 aromatic heterocycles. The van der Waals surface area contributed by atoms with E-state index in [9.17, 15) is 0 Å². The molecule has 0 fully saturated rings. The molecule has 0 bridgehead atoms. The maximum absolute atomic E-state index is 8.78. The maximum Gasteiger partial charge on any atom is 0.173 e. The second kappa shape index (κ2) is 6.42. The number of benzene rings is 1. The fourth-order valence-corrected chi connectivity index (χ4v) is 1.65. The predicted octanol–water partition coefficient (Wildman–Crippen LogP) is 2.37. The summed E-state index contributed by atoms with van der Waals surface area (Å²) >= 11 is 0. The van der Waals surface area contributed by atoms with Crippen LogP contribution in [0.2, 0.25) is 0 Å². The molecule has 0 amide bonds. The van der Waals surface area contributed by atoms with E-state index in [0.717, 1.165) is 0 Å². The highest BCUT2D eigenvalue weighted by Crippen LogP contribution is 2.32. The van der Waals surface area contributed by atoms with Crippen LogP contribution >= 0.6 is 0 Å². The Morgan fingerprint density at radius 3 is 2.70 bits per heavy atom. The highest BCUT2D eigenvalue weighted by molar-refractivity contribution is 5.99. The lowest BCUT2D eigenvalue weighted by Gasteiger charge is -2.13. The number of ether oxygens (including phenoxy) is 2. The smallest absolute Gasteiger partial charge is 0.173 e. The van der Waals surface area contributed by atoms with Crippen molar-refractivity contribution in [3.05, 3.63) is 48.3 Å². The molecule has 0 spiro atoms. The Bertz CT molecular complexity index is 614. The molecule has 0 radical (unpaired) electrons. The molecular weight excluding hydrogens is 258 g/mol. The lowest BCUT2D eigenvalue weighted by molar-refractivity contribution is 0.317. The van der Waals surface area contributed by atoms with Crippen molar-refractivity contribution < 1.29 is 14.7 Å². The number of oxime groups is 1. The zero-order valence-corrected chi connectivity index (χ0v) is 11.0.